The normalized spacial score (nSPS) is 9.82. The van der Waals surface area contributed by atoms with Gasteiger partial charge in [0.25, 0.3) is 0 Å². The van der Waals surface area contributed by atoms with Crippen LogP contribution < -0.4 is 0 Å². The first-order chi connectivity index (χ1) is 8.06. The van der Waals surface area contributed by atoms with Crippen LogP contribution in [0.3, 0.4) is 0 Å². The lowest BCUT2D eigenvalue weighted by Crippen LogP contribution is -2.23. The molecule has 0 aliphatic heterocycles. The van der Waals surface area contributed by atoms with Crippen molar-refractivity contribution in [3.63, 3.8) is 0 Å². The van der Waals surface area contributed by atoms with Crippen LogP contribution in [0.25, 0.3) is 5.76 Å². The summed E-state index contributed by atoms with van der Waals surface area (Å²) in [6, 6.07) is 7.84. The van der Waals surface area contributed by atoms with Crippen LogP contribution in [0.15, 0.2) is 30.8 Å². The SMILES string of the molecule is C=C(OCC)c1ccccc1CN(C)C(C)=O. The highest BCUT2D eigenvalue weighted by Gasteiger charge is 2.09. The molecule has 0 heterocycles. The van der Waals surface area contributed by atoms with Crippen LogP contribution in [0, 0.1) is 0 Å². The van der Waals surface area contributed by atoms with Crippen LogP contribution >= 0.6 is 0 Å². The first kappa shape index (κ1) is 13.3. The zero-order valence-electron chi connectivity index (χ0n) is 10.7. The van der Waals surface area contributed by atoms with Gasteiger partial charge in [-0.25, -0.2) is 0 Å². The van der Waals surface area contributed by atoms with E-state index in [1.54, 1.807) is 18.9 Å². The van der Waals surface area contributed by atoms with Gasteiger partial charge in [-0.2, -0.15) is 0 Å². The Morgan fingerprint density at radius 2 is 2.06 bits per heavy atom. The van der Waals surface area contributed by atoms with E-state index in [4.69, 9.17) is 4.74 Å². The topological polar surface area (TPSA) is 29.5 Å². The quantitative estimate of drug-likeness (QED) is 0.732. The summed E-state index contributed by atoms with van der Waals surface area (Å²) in [7, 11) is 1.78. The Morgan fingerprint density at radius 1 is 1.41 bits per heavy atom. The van der Waals surface area contributed by atoms with Crippen molar-refractivity contribution in [2.75, 3.05) is 13.7 Å². The molecule has 0 N–H and O–H groups in total. The summed E-state index contributed by atoms with van der Waals surface area (Å²) >= 11 is 0. The number of ether oxygens (including phenoxy) is 1. The van der Waals surface area contributed by atoms with Crippen LogP contribution in [0.5, 0.6) is 0 Å². The molecule has 92 valence electrons. The second-order valence-electron chi connectivity index (χ2n) is 3.89. The standard InChI is InChI=1S/C14H19NO2/c1-5-17-11(2)14-9-7-6-8-13(14)10-15(4)12(3)16/h6-9H,2,5,10H2,1,3-4H3. The Morgan fingerprint density at radius 3 is 2.65 bits per heavy atom. The minimum Gasteiger partial charge on any atom is -0.494 e. The van der Waals surface area contributed by atoms with Gasteiger partial charge >= 0.3 is 0 Å². The minimum absolute atomic E-state index is 0.0434. The second kappa shape index (κ2) is 6.09. The fourth-order valence-corrected chi connectivity index (χ4v) is 1.55. The zero-order valence-corrected chi connectivity index (χ0v) is 10.7. The van der Waals surface area contributed by atoms with Crippen LogP contribution in [-0.4, -0.2) is 24.5 Å². The predicted molar refractivity (Wildman–Crippen MR) is 69.3 cm³/mol. The summed E-state index contributed by atoms with van der Waals surface area (Å²) in [6.45, 7) is 8.54. The fourth-order valence-electron chi connectivity index (χ4n) is 1.55. The van der Waals surface area contributed by atoms with E-state index in [0.717, 1.165) is 11.1 Å². The first-order valence-electron chi connectivity index (χ1n) is 5.68. The molecule has 1 aromatic rings. The van der Waals surface area contributed by atoms with E-state index in [1.165, 1.54) is 0 Å². The summed E-state index contributed by atoms with van der Waals surface area (Å²) in [5, 5.41) is 0. The van der Waals surface area contributed by atoms with Gasteiger partial charge < -0.3 is 9.64 Å². The number of nitrogens with zero attached hydrogens (tertiary/aromatic N) is 1. The van der Waals surface area contributed by atoms with Crippen molar-refractivity contribution in [2.45, 2.75) is 20.4 Å². The van der Waals surface area contributed by atoms with Gasteiger partial charge in [0.05, 0.1) is 6.61 Å². The van der Waals surface area contributed by atoms with Gasteiger partial charge in [-0.1, -0.05) is 30.8 Å². The lowest BCUT2D eigenvalue weighted by Gasteiger charge is -2.18. The van der Waals surface area contributed by atoms with E-state index in [9.17, 15) is 4.79 Å². The number of amides is 1. The third kappa shape index (κ3) is 3.63. The number of hydrogen-bond donors (Lipinski definition) is 0. The summed E-state index contributed by atoms with van der Waals surface area (Å²) < 4.78 is 5.41. The summed E-state index contributed by atoms with van der Waals surface area (Å²) in [4.78, 5) is 12.9. The Labute approximate surface area is 103 Å². The van der Waals surface area contributed by atoms with Crippen molar-refractivity contribution < 1.29 is 9.53 Å². The highest BCUT2D eigenvalue weighted by Crippen LogP contribution is 2.20. The summed E-state index contributed by atoms with van der Waals surface area (Å²) in [5.74, 6) is 0.696. The van der Waals surface area contributed by atoms with Gasteiger partial charge in [-0.3, -0.25) is 4.79 Å². The van der Waals surface area contributed by atoms with E-state index in [0.29, 0.717) is 18.9 Å². The zero-order chi connectivity index (χ0) is 12.8. The number of hydrogen-bond acceptors (Lipinski definition) is 2. The highest BCUT2D eigenvalue weighted by molar-refractivity contribution is 5.73. The van der Waals surface area contributed by atoms with E-state index in [2.05, 4.69) is 6.58 Å². The molecule has 0 saturated carbocycles. The molecule has 3 nitrogen and oxygen atoms in total. The van der Waals surface area contributed by atoms with Crippen molar-refractivity contribution in [1.29, 1.82) is 0 Å². The van der Waals surface area contributed by atoms with Gasteiger partial charge in [-0.05, 0) is 12.5 Å². The van der Waals surface area contributed by atoms with E-state index in [-0.39, 0.29) is 5.91 Å². The van der Waals surface area contributed by atoms with Crippen LogP contribution in [0.4, 0.5) is 0 Å². The molecule has 1 rings (SSSR count). The first-order valence-corrected chi connectivity index (χ1v) is 5.68. The Hall–Kier alpha value is -1.77. The fraction of sp³-hybridized carbons (Fsp3) is 0.357. The Kier molecular flexibility index (Phi) is 4.76. The predicted octanol–water partition coefficient (Wildman–Crippen LogP) is 2.67. The maximum absolute atomic E-state index is 11.2. The number of carbonyl (C=O) groups excluding carboxylic acids is 1. The molecule has 0 unspecified atom stereocenters. The molecule has 0 spiro atoms. The lowest BCUT2D eigenvalue weighted by atomic mass is 10.1. The molecule has 1 aromatic carbocycles. The monoisotopic (exact) mass is 233 g/mol. The average molecular weight is 233 g/mol. The molecule has 0 aromatic heterocycles. The number of benzene rings is 1. The Balaban J connectivity index is 2.91. The molecule has 17 heavy (non-hydrogen) atoms. The van der Waals surface area contributed by atoms with Gasteiger partial charge in [0.2, 0.25) is 5.91 Å². The number of rotatable bonds is 5. The molecule has 0 atom stereocenters. The van der Waals surface area contributed by atoms with Crippen LogP contribution in [0.1, 0.15) is 25.0 Å². The second-order valence-corrected chi connectivity index (χ2v) is 3.89. The van der Waals surface area contributed by atoms with Gasteiger partial charge in [0, 0.05) is 26.1 Å². The van der Waals surface area contributed by atoms with Crippen LogP contribution in [0.2, 0.25) is 0 Å². The van der Waals surface area contributed by atoms with Gasteiger partial charge in [-0.15, -0.1) is 0 Å². The number of carbonyl (C=O) groups is 1. The molecule has 0 bridgehead atoms. The van der Waals surface area contributed by atoms with Crippen LogP contribution in [-0.2, 0) is 16.1 Å². The lowest BCUT2D eigenvalue weighted by molar-refractivity contribution is -0.128. The Bertz CT molecular complexity index is 412. The molecule has 0 fully saturated rings. The molecule has 3 heteroatoms. The maximum Gasteiger partial charge on any atom is 0.219 e. The molecule has 0 aliphatic carbocycles. The third-order valence-electron chi connectivity index (χ3n) is 2.58. The van der Waals surface area contributed by atoms with E-state index >= 15 is 0 Å². The maximum atomic E-state index is 11.2. The average Bonchev–Trinajstić information content (AvgIpc) is 2.29. The summed E-state index contributed by atoms with van der Waals surface area (Å²) in [6.07, 6.45) is 0. The van der Waals surface area contributed by atoms with Crippen molar-refractivity contribution >= 4 is 11.7 Å². The van der Waals surface area contributed by atoms with Crippen molar-refractivity contribution in [2.24, 2.45) is 0 Å². The van der Waals surface area contributed by atoms with E-state index in [1.807, 2.05) is 31.2 Å². The van der Waals surface area contributed by atoms with Crippen molar-refractivity contribution in [3.8, 4) is 0 Å². The van der Waals surface area contributed by atoms with E-state index < -0.39 is 0 Å². The van der Waals surface area contributed by atoms with Crippen molar-refractivity contribution in [3.05, 3.63) is 42.0 Å². The molecule has 0 aliphatic rings. The highest BCUT2D eigenvalue weighted by atomic mass is 16.5. The minimum atomic E-state index is 0.0434. The molecular weight excluding hydrogens is 214 g/mol. The summed E-state index contributed by atoms with van der Waals surface area (Å²) in [5.41, 5.74) is 2.01. The molecular formula is C14H19NO2. The van der Waals surface area contributed by atoms with Crippen molar-refractivity contribution in [1.82, 2.24) is 4.90 Å². The van der Waals surface area contributed by atoms with Gasteiger partial charge in [0.1, 0.15) is 5.76 Å². The molecule has 0 radical (unpaired) electrons. The molecule has 0 saturated heterocycles. The third-order valence-corrected chi connectivity index (χ3v) is 2.58. The molecule has 1 amide bonds. The van der Waals surface area contributed by atoms with Gasteiger partial charge in [0.15, 0.2) is 0 Å². The smallest absolute Gasteiger partial charge is 0.219 e. The largest absolute Gasteiger partial charge is 0.494 e.